The smallest absolute Gasteiger partial charge is 0.141 e. The van der Waals surface area contributed by atoms with Crippen LogP contribution in [0.5, 0.6) is 11.5 Å². The Morgan fingerprint density at radius 2 is 1.50 bits per heavy atom. The maximum absolute atomic E-state index is 9.82. The van der Waals surface area contributed by atoms with E-state index in [2.05, 4.69) is 15.9 Å². The highest BCUT2D eigenvalue weighted by Crippen LogP contribution is 2.40. The summed E-state index contributed by atoms with van der Waals surface area (Å²) in [5, 5.41) is 19.2. The highest BCUT2D eigenvalue weighted by molar-refractivity contribution is 9.10. The van der Waals surface area contributed by atoms with Crippen molar-refractivity contribution in [2.24, 2.45) is 0 Å². The summed E-state index contributed by atoms with van der Waals surface area (Å²) in [6.07, 6.45) is 0. The van der Waals surface area contributed by atoms with Gasteiger partial charge in [0.15, 0.2) is 0 Å². The zero-order valence-corrected chi connectivity index (χ0v) is 9.40. The molecule has 0 fully saturated rings. The first-order chi connectivity index (χ1) is 7.20. The van der Waals surface area contributed by atoms with Gasteiger partial charge < -0.3 is 10.2 Å². The topological polar surface area (TPSA) is 40.5 Å². The summed E-state index contributed by atoms with van der Waals surface area (Å²) >= 11 is 3.13. The van der Waals surface area contributed by atoms with Crippen molar-refractivity contribution in [1.82, 2.24) is 0 Å². The molecule has 2 rings (SSSR count). The molecule has 0 unspecified atom stereocenters. The normalized spacial score (nSPS) is 9.56. The van der Waals surface area contributed by atoms with Gasteiger partial charge in [0.25, 0.3) is 0 Å². The van der Waals surface area contributed by atoms with Gasteiger partial charge >= 0.3 is 0 Å². The van der Waals surface area contributed by atoms with Gasteiger partial charge in [-0.2, -0.15) is 0 Å². The van der Waals surface area contributed by atoms with Gasteiger partial charge in [-0.25, -0.2) is 0 Å². The Balaban J connectivity index is 0.00000128. The van der Waals surface area contributed by atoms with E-state index in [1.165, 1.54) is 0 Å². The van der Waals surface area contributed by atoms with E-state index in [0.29, 0.717) is 10.0 Å². The van der Waals surface area contributed by atoms with Crippen LogP contribution in [-0.2, 0) is 0 Å². The molecule has 0 aliphatic rings. The number of phenolic OH excluding ortho intramolecular Hbond substituents is 2. The van der Waals surface area contributed by atoms with Gasteiger partial charge in [-0.15, -0.1) is 0 Å². The highest BCUT2D eigenvalue weighted by Gasteiger charge is 2.10. The predicted octanol–water partition coefficient (Wildman–Crippen LogP) is 4.16. The van der Waals surface area contributed by atoms with Gasteiger partial charge in [0.2, 0.25) is 0 Å². The van der Waals surface area contributed by atoms with Crippen LogP contribution in [0.15, 0.2) is 46.9 Å². The number of hydrogen-bond acceptors (Lipinski definition) is 2. The molecule has 2 N–H and O–H groups in total. The van der Waals surface area contributed by atoms with Crippen molar-refractivity contribution < 1.29 is 10.2 Å². The molecular formula is C13H13BrO2. The Kier molecular flexibility index (Phi) is 3.96. The first-order valence-corrected chi connectivity index (χ1v) is 5.25. The number of aromatic hydroxyl groups is 2. The lowest BCUT2D eigenvalue weighted by Crippen LogP contribution is -1.80. The maximum atomic E-state index is 9.82. The Morgan fingerprint density at radius 3 is 2.12 bits per heavy atom. The first kappa shape index (κ1) is 12.6. The van der Waals surface area contributed by atoms with Gasteiger partial charge in [-0.05, 0) is 33.6 Å². The van der Waals surface area contributed by atoms with Crippen LogP contribution < -0.4 is 0 Å². The fourth-order valence-corrected chi connectivity index (χ4v) is 1.75. The summed E-state index contributed by atoms with van der Waals surface area (Å²) in [7, 11) is 0. The molecule has 0 radical (unpaired) electrons. The third-order valence-corrected chi connectivity index (χ3v) is 2.96. The Labute approximate surface area is 103 Å². The zero-order valence-electron chi connectivity index (χ0n) is 7.81. The van der Waals surface area contributed by atoms with Crippen LogP contribution in [0.3, 0.4) is 0 Å². The Bertz CT molecular complexity index is 481. The number of phenols is 2. The molecule has 3 heteroatoms. The Hall–Kier alpha value is -1.48. The lowest BCUT2D eigenvalue weighted by atomic mass is 10.0. The molecule has 0 aromatic heterocycles. The van der Waals surface area contributed by atoms with Crippen LogP contribution in [0.4, 0.5) is 0 Å². The summed E-state index contributed by atoms with van der Waals surface area (Å²) in [4.78, 5) is 0. The molecule has 0 saturated carbocycles. The number of hydrogen-bond donors (Lipinski definition) is 2. The van der Waals surface area contributed by atoms with Gasteiger partial charge in [-0.3, -0.25) is 0 Å². The number of benzene rings is 2. The molecule has 0 amide bonds. The standard InChI is InChI=1S/C12H9BrO2.CH4/c13-11-10(14)7-6-9(12(11)15)8-4-2-1-3-5-8;/h1-7,14-15H;1H4. The van der Waals surface area contributed by atoms with Crippen LogP contribution >= 0.6 is 15.9 Å². The van der Waals surface area contributed by atoms with Crippen LogP contribution in [0.1, 0.15) is 7.43 Å². The van der Waals surface area contributed by atoms with Crippen molar-refractivity contribution in [2.75, 3.05) is 0 Å². The molecule has 2 nitrogen and oxygen atoms in total. The average Bonchev–Trinajstić information content (AvgIpc) is 2.27. The molecule has 2 aromatic carbocycles. The van der Waals surface area contributed by atoms with E-state index in [-0.39, 0.29) is 18.9 Å². The maximum Gasteiger partial charge on any atom is 0.141 e. The monoisotopic (exact) mass is 280 g/mol. The van der Waals surface area contributed by atoms with Crippen molar-refractivity contribution in [3.63, 3.8) is 0 Å². The van der Waals surface area contributed by atoms with Crippen molar-refractivity contribution in [1.29, 1.82) is 0 Å². The molecule has 0 bridgehead atoms. The molecule has 0 heterocycles. The fourth-order valence-electron chi connectivity index (χ4n) is 1.40. The third kappa shape index (κ3) is 2.19. The first-order valence-electron chi connectivity index (χ1n) is 4.46. The lowest BCUT2D eigenvalue weighted by Gasteiger charge is -2.07. The van der Waals surface area contributed by atoms with Crippen molar-refractivity contribution in [3.8, 4) is 22.6 Å². The fraction of sp³-hybridized carbons (Fsp3) is 0.0769. The Morgan fingerprint density at radius 1 is 0.875 bits per heavy atom. The van der Waals surface area contributed by atoms with Crippen LogP contribution in [0, 0.1) is 0 Å². The molecule has 0 aliphatic carbocycles. The minimum atomic E-state index is 0. The van der Waals surface area contributed by atoms with E-state index in [1.54, 1.807) is 12.1 Å². The van der Waals surface area contributed by atoms with Crippen molar-refractivity contribution in [2.45, 2.75) is 7.43 Å². The van der Waals surface area contributed by atoms with Gasteiger partial charge in [0, 0.05) is 5.56 Å². The average molecular weight is 281 g/mol. The lowest BCUT2D eigenvalue weighted by molar-refractivity contribution is 0.446. The molecule has 0 saturated heterocycles. The summed E-state index contributed by atoms with van der Waals surface area (Å²) in [6.45, 7) is 0. The summed E-state index contributed by atoms with van der Waals surface area (Å²) in [6, 6.07) is 12.7. The summed E-state index contributed by atoms with van der Waals surface area (Å²) < 4.78 is 0.323. The quantitative estimate of drug-likeness (QED) is 0.823. The van der Waals surface area contributed by atoms with E-state index in [1.807, 2.05) is 30.3 Å². The van der Waals surface area contributed by atoms with E-state index < -0.39 is 0 Å². The van der Waals surface area contributed by atoms with Gasteiger partial charge in [0.05, 0.1) is 0 Å². The van der Waals surface area contributed by atoms with E-state index in [9.17, 15) is 10.2 Å². The zero-order chi connectivity index (χ0) is 10.8. The predicted molar refractivity (Wildman–Crippen MR) is 69.6 cm³/mol. The van der Waals surface area contributed by atoms with Gasteiger partial charge in [0.1, 0.15) is 16.0 Å². The van der Waals surface area contributed by atoms with E-state index >= 15 is 0 Å². The largest absolute Gasteiger partial charge is 0.507 e. The van der Waals surface area contributed by atoms with Crippen LogP contribution in [-0.4, -0.2) is 10.2 Å². The highest BCUT2D eigenvalue weighted by atomic mass is 79.9. The molecular weight excluding hydrogens is 268 g/mol. The molecule has 2 aromatic rings. The minimum absolute atomic E-state index is 0. The number of rotatable bonds is 1. The summed E-state index contributed by atoms with van der Waals surface area (Å²) in [5.41, 5.74) is 1.61. The number of halogens is 1. The molecule has 0 atom stereocenters. The molecule has 0 aliphatic heterocycles. The van der Waals surface area contributed by atoms with Crippen molar-refractivity contribution in [3.05, 3.63) is 46.9 Å². The minimum Gasteiger partial charge on any atom is -0.507 e. The second-order valence-electron chi connectivity index (χ2n) is 3.16. The van der Waals surface area contributed by atoms with E-state index in [0.717, 1.165) is 5.56 Å². The molecule has 84 valence electrons. The second kappa shape index (κ2) is 5.03. The van der Waals surface area contributed by atoms with E-state index in [4.69, 9.17) is 0 Å². The van der Waals surface area contributed by atoms with Crippen molar-refractivity contribution >= 4 is 15.9 Å². The molecule has 16 heavy (non-hydrogen) atoms. The third-order valence-electron chi connectivity index (χ3n) is 2.18. The van der Waals surface area contributed by atoms with Gasteiger partial charge in [-0.1, -0.05) is 37.8 Å². The summed E-state index contributed by atoms with van der Waals surface area (Å²) in [5.74, 6) is 0.0911. The SMILES string of the molecule is C.Oc1ccc(-c2ccccc2)c(O)c1Br. The van der Waals surface area contributed by atoms with Crippen LogP contribution in [0.2, 0.25) is 0 Å². The van der Waals surface area contributed by atoms with Crippen LogP contribution in [0.25, 0.3) is 11.1 Å². The molecule has 0 spiro atoms. The second-order valence-corrected chi connectivity index (χ2v) is 3.95.